The summed E-state index contributed by atoms with van der Waals surface area (Å²) < 4.78 is 0. The summed E-state index contributed by atoms with van der Waals surface area (Å²) >= 11 is 0. The van der Waals surface area contributed by atoms with E-state index >= 15 is 0 Å². The molecule has 1 atom stereocenters. The third-order valence-corrected chi connectivity index (χ3v) is 4.58. The first-order valence-electron chi connectivity index (χ1n) is 9.43. The van der Waals surface area contributed by atoms with Gasteiger partial charge in [0.15, 0.2) is 0 Å². The molecule has 0 spiro atoms. The quantitative estimate of drug-likeness (QED) is 0.462. The molecule has 0 aromatic heterocycles. The number of hydrogen-bond donors (Lipinski definition) is 2. The van der Waals surface area contributed by atoms with Crippen LogP contribution in [-0.2, 0) is 4.79 Å². The van der Waals surface area contributed by atoms with Crippen molar-refractivity contribution < 1.29 is 4.79 Å². The number of guanidine groups is 1. The highest BCUT2D eigenvalue weighted by atomic mass is 16.2. The van der Waals surface area contributed by atoms with Gasteiger partial charge in [-0.3, -0.25) is 10.1 Å². The minimum absolute atomic E-state index is 0.0995. The molecule has 140 valence electrons. The smallest absolute Gasteiger partial charge is 0.238 e. The summed E-state index contributed by atoms with van der Waals surface area (Å²) in [5, 5.41) is 2.73. The third-order valence-electron chi connectivity index (χ3n) is 4.58. The highest BCUT2D eigenvalue weighted by Gasteiger charge is 2.26. The molecule has 1 amide bonds. The van der Waals surface area contributed by atoms with Crippen LogP contribution < -0.4 is 16.0 Å². The van der Waals surface area contributed by atoms with Crippen LogP contribution in [0.2, 0.25) is 0 Å². The van der Waals surface area contributed by atoms with E-state index in [9.17, 15) is 4.79 Å². The molecule has 5 heteroatoms. The zero-order chi connectivity index (χ0) is 19.1. The highest BCUT2D eigenvalue weighted by Crippen LogP contribution is 2.33. The minimum Gasteiger partial charge on any atom is -0.369 e. The van der Waals surface area contributed by atoms with Crippen molar-refractivity contribution >= 4 is 23.2 Å². The SMILES string of the molecule is CCCCCN1C=CC(C(=O)NC(N)=Nc2ccccc2)c2ccccc21. The zero-order valence-electron chi connectivity index (χ0n) is 15.6. The van der Waals surface area contributed by atoms with Crippen LogP contribution in [-0.4, -0.2) is 18.4 Å². The van der Waals surface area contributed by atoms with Gasteiger partial charge in [0.25, 0.3) is 0 Å². The summed E-state index contributed by atoms with van der Waals surface area (Å²) in [5.41, 5.74) is 8.70. The predicted octanol–water partition coefficient (Wildman–Crippen LogP) is 4.06. The van der Waals surface area contributed by atoms with E-state index in [4.69, 9.17) is 5.73 Å². The lowest BCUT2D eigenvalue weighted by Crippen LogP contribution is -2.40. The van der Waals surface area contributed by atoms with Crippen molar-refractivity contribution in [2.45, 2.75) is 32.1 Å². The molecule has 3 N–H and O–H groups in total. The number of carbonyl (C=O) groups is 1. The first kappa shape index (κ1) is 18.7. The van der Waals surface area contributed by atoms with E-state index in [0.29, 0.717) is 5.69 Å². The van der Waals surface area contributed by atoms with Crippen LogP contribution in [0.25, 0.3) is 0 Å². The molecule has 0 aliphatic carbocycles. The van der Waals surface area contributed by atoms with Gasteiger partial charge in [0, 0.05) is 18.4 Å². The van der Waals surface area contributed by atoms with Gasteiger partial charge >= 0.3 is 0 Å². The van der Waals surface area contributed by atoms with Crippen molar-refractivity contribution in [2.75, 3.05) is 11.4 Å². The van der Waals surface area contributed by atoms with Crippen molar-refractivity contribution in [3.8, 4) is 0 Å². The first-order valence-corrected chi connectivity index (χ1v) is 9.43. The Morgan fingerprint density at radius 2 is 1.85 bits per heavy atom. The van der Waals surface area contributed by atoms with E-state index in [1.165, 1.54) is 12.8 Å². The molecule has 1 heterocycles. The molecule has 0 radical (unpaired) electrons. The fourth-order valence-electron chi connectivity index (χ4n) is 3.22. The normalized spacial score (nSPS) is 16.1. The van der Waals surface area contributed by atoms with E-state index in [-0.39, 0.29) is 17.8 Å². The molecule has 1 unspecified atom stereocenters. The maximum atomic E-state index is 12.8. The van der Waals surface area contributed by atoms with E-state index in [0.717, 1.165) is 24.2 Å². The van der Waals surface area contributed by atoms with Crippen molar-refractivity contribution in [2.24, 2.45) is 10.7 Å². The van der Waals surface area contributed by atoms with Gasteiger partial charge < -0.3 is 10.6 Å². The van der Waals surface area contributed by atoms with Crippen LogP contribution in [0.1, 0.15) is 37.7 Å². The fraction of sp³-hybridized carbons (Fsp3) is 0.273. The summed E-state index contributed by atoms with van der Waals surface area (Å²) in [5.74, 6) is -0.459. The molecule has 0 saturated heterocycles. The standard InChI is InChI=1S/C22H26N4O/c1-2-3-9-15-26-16-14-19(18-12-7-8-13-20(18)26)21(27)25-22(23)24-17-10-5-4-6-11-17/h4-8,10-14,16,19H,2-3,9,15H2,1H3,(H3,23,24,25,27). The number of hydrogen-bond acceptors (Lipinski definition) is 3. The molecule has 0 bridgehead atoms. The zero-order valence-corrected chi connectivity index (χ0v) is 15.6. The first-order chi connectivity index (χ1) is 13.2. The third kappa shape index (κ3) is 4.76. The Morgan fingerprint density at radius 3 is 2.63 bits per heavy atom. The van der Waals surface area contributed by atoms with Crippen molar-refractivity contribution in [1.82, 2.24) is 5.32 Å². The lowest BCUT2D eigenvalue weighted by molar-refractivity contribution is -0.120. The topological polar surface area (TPSA) is 70.7 Å². The van der Waals surface area contributed by atoms with Crippen LogP contribution in [0.4, 0.5) is 11.4 Å². The summed E-state index contributed by atoms with van der Waals surface area (Å²) in [6, 6.07) is 17.4. The number of nitrogens with two attached hydrogens (primary N) is 1. The van der Waals surface area contributed by atoms with Gasteiger partial charge in [-0.25, -0.2) is 4.99 Å². The predicted molar refractivity (Wildman–Crippen MR) is 111 cm³/mol. The largest absolute Gasteiger partial charge is 0.369 e. The molecule has 27 heavy (non-hydrogen) atoms. The Morgan fingerprint density at radius 1 is 1.11 bits per heavy atom. The average Bonchev–Trinajstić information content (AvgIpc) is 2.68. The number of amides is 1. The van der Waals surface area contributed by atoms with Crippen molar-refractivity contribution in [1.29, 1.82) is 0 Å². The number of anilines is 1. The second kappa shape index (κ2) is 9.03. The molecule has 0 saturated carbocycles. The molecular formula is C22H26N4O. The lowest BCUT2D eigenvalue weighted by atomic mass is 9.93. The number of nitrogens with one attached hydrogen (secondary N) is 1. The number of carbonyl (C=O) groups excluding carboxylic acids is 1. The Hall–Kier alpha value is -3.08. The van der Waals surface area contributed by atoms with Crippen LogP contribution in [0.5, 0.6) is 0 Å². The van der Waals surface area contributed by atoms with Crippen LogP contribution in [0.3, 0.4) is 0 Å². The summed E-state index contributed by atoms with van der Waals surface area (Å²) in [7, 11) is 0. The molecule has 2 aromatic rings. The van der Waals surface area contributed by atoms with E-state index in [1.807, 2.05) is 60.8 Å². The molecule has 0 fully saturated rings. The summed E-state index contributed by atoms with van der Waals surface area (Å²) in [6.45, 7) is 3.15. The molecule has 5 nitrogen and oxygen atoms in total. The maximum absolute atomic E-state index is 12.8. The number of nitrogens with zero attached hydrogens (tertiary/aromatic N) is 2. The van der Waals surface area contributed by atoms with Crippen molar-refractivity contribution in [3.63, 3.8) is 0 Å². The average molecular weight is 362 g/mol. The molecule has 1 aliphatic heterocycles. The number of unbranched alkanes of at least 4 members (excludes halogenated alkanes) is 2. The highest BCUT2D eigenvalue weighted by molar-refractivity contribution is 6.01. The number of rotatable bonds is 6. The van der Waals surface area contributed by atoms with Gasteiger partial charge in [0.05, 0.1) is 11.6 Å². The van der Waals surface area contributed by atoms with E-state index in [1.54, 1.807) is 0 Å². The fourth-order valence-corrected chi connectivity index (χ4v) is 3.22. The summed E-state index contributed by atoms with van der Waals surface area (Å²) in [4.78, 5) is 19.2. The molecule has 2 aromatic carbocycles. The van der Waals surface area contributed by atoms with E-state index < -0.39 is 0 Å². The van der Waals surface area contributed by atoms with Gasteiger partial charge in [0.2, 0.25) is 11.9 Å². The number of benzene rings is 2. The van der Waals surface area contributed by atoms with Crippen LogP contribution in [0, 0.1) is 0 Å². The monoisotopic (exact) mass is 362 g/mol. The van der Waals surface area contributed by atoms with Gasteiger partial charge in [-0.15, -0.1) is 0 Å². The Labute approximate surface area is 160 Å². The van der Waals surface area contributed by atoms with Gasteiger partial charge in [-0.1, -0.05) is 62.2 Å². The van der Waals surface area contributed by atoms with Crippen LogP contribution in [0.15, 0.2) is 71.9 Å². The minimum atomic E-state index is -0.381. The Bertz CT molecular complexity index is 829. The molecular weight excluding hydrogens is 336 g/mol. The van der Waals surface area contributed by atoms with Gasteiger partial charge in [0.1, 0.15) is 0 Å². The number of aliphatic imine (C=N–C) groups is 1. The molecule has 1 aliphatic rings. The number of fused-ring (bicyclic) bond motifs is 1. The Kier molecular flexibility index (Phi) is 6.26. The number of para-hydroxylation sites is 2. The second-order valence-corrected chi connectivity index (χ2v) is 6.60. The summed E-state index contributed by atoms with van der Waals surface area (Å²) in [6.07, 6.45) is 7.45. The lowest BCUT2D eigenvalue weighted by Gasteiger charge is -2.30. The van der Waals surface area contributed by atoms with Gasteiger partial charge in [-0.05, 0) is 30.2 Å². The van der Waals surface area contributed by atoms with Gasteiger partial charge in [-0.2, -0.15) is 0 Å². The Balaban J connectivity index is 1.74. The van der Waals surface area contributed by atoms with E-state index in [2.05, 4.69) is 28.2 Å². The maximum Gasteiger partial charge on any atom is 0.238 e. The molecule has 3 rings (SSSR count). The second-order valence-electron chi connectivity index (χ2n) is 6.60. The van der Waals surface area contributed by atoms with Crippen LogP contribution >= 0.6 is 0 Å². The van der Waals surface area contributed by atoms with Crippen molar-refractivity contribution in [3.05, 3.63) is 72.4 Å².